The molecule has 0 radical (unpaired) electrons. The lowest BCUT2D eigenvalue weighted by Crippen LogP contribution is -2.34. The van der Waals surface area contributed by atoms with E-state index in [1.807, 2.05) is 0 Å². The van der Waals surface area contributed by atoms with Gasteiger partial charge >= 0.3 is 0 Å². The molecule has 30 heavy (non-hydrogen) atoms. The summed E-state index contributed by atoms with van der Waals surface area (Å²) in [5.41, 5.74) is 3.48. The second-order valence-electron chi connectivity index (χ2n) is 6.31. The molecule has 2 N–H and O–H groups in total. The van der Waals surface area contributed by atoms with Crippen LogP contribution < -0.4 is 25.0 Å². The minimum absolute atomic E-state index is 0.204. The second kappa shape index (κ2) is 12.1. The Labute approximate surface area is 176 Å². The number of methoxy groups -OCH3 is 2. The molecule has 0 atom stereocenters. The fourth-order valence-corrected chi connectivity index (χ4v) is 2.44. The van der Waals surface area contributed by atoms with Gasteiger partial charge in [-0.1, -0.05) is 13.3 Å². The minimum Gasteiger partial charge on any atom is -0.497 e. The normalized spacial score (nSPS) is 10.5. The molecule has 0 heterocycles. The summed E-state index contributed by atoms with van der Waals surface area (Å²) in [6.07, 6.45) is 3.49. The number of hydrogen-bond donors (Lipinski definition) is 2. The molecule has 0 spiro atoms. The highest BCUT2D eigenvalue weighted by molar-refractivity contribution is 5.96. The van der Waals surface area contributed by atoms with Crippen molar-refractivity contribution in [2.75, 3.05) is 27.4 Å². The van der Waals surface area contributed by atoms with Gasteiger partial charge in [-0.2, -0.15) is 5.10 Å². The third kappa shape index (κ3) is 7.12. The zero-order chi connectivity index (χ0) is 21.8. The lowest BCUT2D eigenvalue weighted by Gasteiger charge is -2.08. The summed E-state index contributed by atoms with van der Waals surface area (Å²) >= 11 is 0. The quantitative estimate of drug-likeness (QED) is 0.335. The highest BCUT2D eigenvalue weighted by Gasteiger charge is 2.08. The number of unbranched alkanes of at least 4 members (excludes halogenated alkanes) is 1. The minimum atomic E-state index is -0.452. The number of benzene rings is 2. The van der Waals surface area contributed by atoms with Crippen molar-refractivity contribution in [3.63, 3.8) is 0 Å². The zero-order valence-electron chi connectivity index (χ0n) is 17.4. The number of ether oxygens (including phenoxy) is 3. The summed E-state index contributed by atoms with van der Waals surface area (Å²) < 4.78 is 16.0. The molecule has 0 unspecified atom stereocenters. The van der Waals surface area contributed by atoms with E-state index in [0.717, 1.165) is 12.8 Å². The monoisotopic (exact) mass is 413 g/mol. The van der Waals surface area contributed by atoms with Crippen molar-refractivity contribution in [3.05, 3.63) is 53.6 Å². The Balaban J connectivity index is 1.80. The van der Waals surface area contributed by atoms with Crippen LogP contribution in [0.5, 0.6) is 17.2 Å². The molecule has 0 aliphatic heterocycles. The average Bonchev–Trinajstić information content (AvgIpc) is 2.78. The van der Waals surface area contributed by atoms with Gasteiger partial charge in [0, 0.05) is 17.2 Å². The largest absolute Gasteiger partial charge is 0.497 e. The first kappa shape index (κ1) is 22.7. The predicted molar refractivity (Wildman–Crippen MR) is 114 cm³/mol. The number of nitrogens with zero attached hydrogens (tertiary/aromatic N) is 1. The Morgan fingerprint density at radius 1 is 1.03 bits per heavy atom. The maximum atomic E-state index is 12.2. The number of amides is 2. The standard InChI is InChI=1S/C22H27N3O5/c1-4-5-12-30-18-9-6-16(7-10-18)22(27)23-15-21(26)25-24-14-17-8-11-19(28-2)13-20(17)29-3/h6-11,13-14H,4-5,12,15H2,1-3H3,(H,23,27)(H,25,26)/b24-14+. The van der Waals surface area contributed by atoms with Crippen molar-refractivity contribution >= 4 is 18.0 Å². The molecule has 0 bridgehead atoms. The van der Waals surface area contributed by atoms with Crippen LogP contribution in [0.1, 0.15) is 35.7 Å². The Morgan fingerprint density at radius 2 is 1.77 bits per heavy atom. The van der Waals surface area contributed by atoms with Crippen LogP contribution in [0, 0.1) is 0 Å². The molecular weight excluding hydrogens is 386 g/mol. The van der Waals surface area contributed by atoms with Gasteiger partial charge in [-0.25, -0.2) is 5.43 Å². The van der Waals surface area contributed by atoms with E-state index in [4.69, 9.17) is 14.2 Å². The summed E-state index contributed by atoms with van der Waals surface area (Å²) in [5.74, 6) is 1.11. The fourth-order valence-electron chi connectivity index (χ4n) is 2.44. The first-order valence-corrected chi connectivity index (χ1v) is 9.62. The van der Waals surface area contributed by atoms with Gasteiger partial charge in [-0.15, -0.1) is 0 Å². The van der Waals surface area contributed by atoms with Crippen molar-refractivity contribution in [2.45, 2.75) is 19.8 Å². The number of carbonyl (C=O) groups is 2. The van der Waals surface area contributed by atoms with E-state index in [1.165, 1.54) is 13.3 Å². The van der Waals surface area contributed by atoms with Crippen molar-refractivity contribution in [3.8, 4) is 17.2 Å². The van der Waals surface area contributed by atoms with Crippen molar-refractivity contribution < 1.29 is 23.8 Å². The van der Waals surface area contributed by atoms with Gasteiger partial charge in [0.25, 0.3) is 11.8 Å². The Bertz CT molecular complexity index is 866. The molecule has 0 fully saturated rings. The van der Waals surface area contributed by atoms with Crippen LogP contribution in [-0.4, -0.2) is 45.4 Å². The van der Waals surface area contributed by atoms with Gasteiger partial charge in [0.2, 0.25) is 0 Å². The molecule has 8 heteroatoms. The zero-order valence-corrected chi connectivity index (χ0v) is 17.4. The Morgan fingerprint density at radius 3 is 2.43 bits per heavy atom. The Kier molecular flexibility index (Phi) is 9.18. The smallest absolute Gasteiger partial charge is 0.259 e. The van der Waals surface area contributed by atoms with Crippen LogP contribution in [-0.2, 0) is 4.79 Å². The molecule has 8 nitrogen and oxygen atoms in total. The van der Waals surface area contributed by atoms with Crippen molar-refractivity contribution in [1.29, 1.82) is 0 Å². The molecule has 2 aromatic carbocycles. The summed E-state index contributed by atoms with van der Waals surface area (Å²) in [6, 6.07) is 12.0. The van der Waals surface area contributed by atoms with Gasteiger partial charge in [-0.05, 0) is 42.8 Å². The molecule has 0 aliphatic carbocycles. The molecule has 160 valence electrons. The van der Waals surface area contributed by atoms with Crippen LogP contribution in [0.25, 0.3) is 0 Å². The van der Waals surface area contributed by atoms with Gasteiger partial charge in [0.05, 0.1) is 33.6 Å². The maximum Gasteiger partial charge on any atom is 0.259 e. The SMILES string of the molecule is CCCCOc1ccc(C(=O)NCC(=O)N/N=C/c2ccc(OC)cc2OC)cc1. The first-order chi connectivity index (χ1) is 14.6. The van der Waals surface area contributed by atoms with Gasteiger partial charge in [0.15, 0.2) is 0 Å². The number of carbonyl (C=O) groups excluding carboxylic acids is 2. The summed E-state index contributed by atoms with van der Waals surface area (Å²) in [4.78, 5) is 24.1. The van der Waals surface area contributed by atoms with E-state index in [0.29, 0.717) is 35.0 Å². The predicted octanol–water partition coefficient (Wildman–Crippen LogP) is 2.76. The molecule has 0 saturated heterocycles. The van der Waals surface area contributed by atoms with Crippen molar-refractivity contribution in [1.82, 2.24) is 10.7 Å². The van der Waals surface area contributed by atoms with Gasteiger partial charge < -0.3 is 19.5 Å². The van der Waals surface area contributed by atoms with E-state index in [9.17, 15) is 9.59 Å². The number of hydrogen-bond acceptors (Lipinski definition) is 6. The topological polar surface area (TPSA) is 98.2 Å². The number of rotatable bonds is 11. The third-order valence-corrected chi connectivity index (χ3v) is 4.13. The lowest BCUT2D eigenvalue weighted by molar-refractivity contribution is -0.120. The fraction of sp³-hybridized carbons (Fsp3) is 0.318. The molecule has 2 aromatic rings. The summed E-state index contributed by atoms with van der Waals surface area (Å²) in [6.45, 7) is 2.53. The highest BCUT2D eigenvalue weighted by Crippen LogP contribution is 2.22. The lowest BCUT2D eigenvalue weighted by atomic mass is 10.2. The third-order valence-electron chi connectivity index (χ3n) is 4.13. The van der Waals surface area contributed by atoms with Crippen molar-refractivity contribution in [2.24, 2.45) is 5.10 Å². The van der Waals surface area contributed by atoms with Gasteiger partial charge in [0.1, 0.15) is 17.2 Å². The van der Waals surface area contributed by atoms with E-state index in [1.54, 1.807) is 49.6 Å². The van der Waals surface area contributed by atoms with E-state index < -0.39 is 5.91 Å². The van der Waals surface area contributed by atoms with Crippen LogP contribution in [0.15, 0.2) is 47.6 Å². The molecule has 0 aliphatic rings. The van der Waals surface area contributed by atoms with Crippen LogP contribution in [0.3, 0.4) is 0 Å². The van der Waals surface area contributed by atoms with E-state index >= 15 is 0 Å². The van der Waals surface area contributed by atoms with Crippen LogP contribution in [0.4, 0.5) is 0 Å². The molecule has 2 amide bonds. The Hall–Kier alpha value is -3.55. The highest BCUT2D eigenvalue weighted by atomic mass is 16.5. The summed E-state index contributed by atoms with van der Waals surface area (Å²) in [5, 5.41) is 6.44. The molecule has 0 saturated carbocycles. The average molecular weight is 413 g/mol. The molecular formula is C22H27N3O5. The van der Waals surface area contributed by atoms with Gasteiger partial charge in [-0.3, -0.25) is 9.59 Å². The molecule has 2 rings (SSSR count). The van der Waals surface area contributed by atoms with Crippen LogP contribution in [0.2, 0.25) is 0 Å². The molecule has 0 aromatic heterocycles. The summed E-state index contributed by atoms with van der Waals surface area (Å²) in [7, 11) is 3.09. The van der Waals surface area contributed by atoms with E-state index in [2.05, 4.69) is 22.8 Å². The maximum absolute atomic E-state index is 12.2. The van der Waals surface area contributed by atoms with Crippen LogP contribution >= 0.6 is 0 Å². The first-order valence-electron chi connectivity index (χ1n) is 9.62. The van der Waals surface area contributed by atoms with E-state index in [-0.39, 0.29) is 12.5 Å². The number of hydrazone groups is 1. The number of nitrogens with one attached hydrogen (secondary N) is 2. The second-order valence-corrected chi connectivity index (χ2v) is 6.31.